The molecule has 1 fully saturated rings. The van der Waals surface area contributed by atoms with Gasteiger partial charge >= 0.3 is 0 Å². The third-order valence-electron chi connectivity index (χ3n) is 2.91. The van der Waals surface area contributed by atoms with Gasteiger partial charge in [-0.1, -0.05) is 0 Å². The van der Waals surface area contributed by atoms with E-state index in [1.807, 2.05) is 0 Å². The summed E-state index contributed by atoms with van der Waals surface area (Å²) in [5, 5.41) is 1.22. The van der Waals surface area contributed by atoms with Crippen LogP contribution in [0.2, 0.25) is 0 Å². The maximum absolute atomic E-state index is 5.64. The van der Waals surface area contributed by atoms with Crippen LogP contribution < -0.4 is 5.73 Å². The SMILES string of the molecule is NCC1CCC(c2ncns2)CC1. The predicted molar refractivity (Wildman–Crippen MR) is 53.7 cm³/mol. The minimum absolute atomic E-state index is 0.662. The molecule has 0 unspecified atom stereocenters. The molecule has 0 aliphatic heterocycles. The van der Waals surface area contributed by atoms with Crippen molar-refractivity contribution in [1.29, 1.82) is 0 Å². The third kappa shape index (κ3) is 2.06. The average Bonchev–Trinajstić information content (AvgIpc) is 2.71. The fourth-order valence-corrected chi connectivity index (χ4v) is 2.69. The van der Waals surface area contributed by atoms with Gasteiger partial charge in [-0.05, 0) is 49.7 Å². The summed E-state index contributed by atoms with van der Waals surface area (Å²) in [6, 6.07) is 0. The molecule has 72 valence electrons. The molecular formula is C9H15N3S. The van der Waals surface area contributed by atoms with Gasteiger partial charge in [0.25, 0.3) is 0 Å². The highest BCUT2D eigenvalue weighted by Crippen LogP contribution is 2.35. The first-order valence-electron chi connectivity index (χ1n) is 4.86. The summed E-state index contributed by atoms with van der Waals surface area (Å²) >= 11 is 1.55. The van der Waals surface area contributed by atoms with E-state index in [9.17, 15) is 0 Å². The number of rotatable bonds is 2. The van der Waals surface area contributed by atoms with Crippen molar-refractivity contribution < 1.29 is 0 Å². The van der Waals surface area contributed by atoms with Gasteiger partial charge < -0.3 is 5.73 Å². The molecule has 0 aromatic carbocycles. The van der Waals surface area contributed by atoms with Crippen LogP contribution >= 0.6 is 11.5 Å². The van der Waals surface area contributed by atoms with Crippen LogP contribution in [0.25, 0.3) is 0 Å². The summed E-state index contributed by atoms with van der Waals surface area (Å²) in [5.74, 6) is 1.42. The molecule has 1 heterocycles. The van der Waals surface area contributed by atoms with Crippen molar-refractivity contribution in [2.75, 3.05) is 6.54 Å². The summed E-state index contributed by atoms with van der Waals surface area (Å²) in [7, 11) is 0. The van der Waals surface area contributed by atoms with E-state index in [2.05, 4.69) is 9.36 Å². The van der Waals surface area contributed by atoms with Crippen LogP contribution in [0.5, 0.6) is 0 Å². The molecule has 0 atom stereocenters. The van der Waals surface area contributed by atoms with Gasteiger partial charge in [-0.2, -0.15) is 4.37 Å². The highest BCUT2D eigenvalue weighted by Gasteiger charge is 2.23. The Bertz CT molecular complexity index is 239. The average molecular weight is 197 g/mol. The van der Waals surface area contributed by atoms with Gasteiger partial charge in [0.15, 0.2) is 0 Å². The molecule has 2 rings (SSSR count). The van der Waals surface area contributed by atoms with Crippen molar-refractivity contribution in [1.82, 2.24) is 9.36 Å². The predicted octanol–water partition coefficient (Wildman–Crippen LogP) is 1.77. The van der Waals surface area contributed by atoms with Gasteiger partial charge in [0, 0.05) is 5.92 Å². The second-order valence-corrected chi connectivity index (χ2v) is 4.54. The molecule has 0 spiro atoms. The molecule has 1 aliphatic rings. The normalized spacial score (nSPS) is 29.0. The van der Waals surface area contributed by atoms with Crippen LogP contribution in [0.1, 0.15) is 36.6 Å². The van der Waals surface area contributed by atoms with E-state index in [4.69, 9.17) is 5.73 Å². The Balaban J connectivity index is 1.92. The Morgan fingerprint density at radius 3 is 2.69 bits per heavy atom. The summed E-state index contributed by atoms with van der Waals surface area (Å²) in [5.41, 5.74) is 5.64. The van der Waals surface area contributed by atoms with Crippen LogP contribution in [-0.4, -0.2) is 15.9 Å². The van der Waals surface area contributed by atoms with Crippen LogP contribution in [-0.2, 0) is 0 Å². The van der Waals surface area contributed by atoms with E-state index < -0.39 is 0 Å². The van der Waals surface area contributed by atoms with Gasteiger partial charge in [0.1, 0.15) is 11.3 Å². The Morgan fingerprint density at radius 1 is 1.38 bits per heavy atom. The maximum atomic E-state index is 5.64. The maximum Gasteiger partial charge on any atom is 0.129 e. The first-order valence-corrected chi connectivity index (χ1v) is 5.64. The fourth-order valence-electron chi connectivity index (χ4n) is 2.01. The van der Waals surface area contributed by atoms with Crippen LogP contribution in [0.15, 0.2) is 6.33 Å². The minimum Gasteiger partial charge on any atom is -0.330 e. The van der Waals surface area contributed by atoms with E-state index in [1.54, 1.807) is 17.9 Å². The second kappa shape index (κ2) is 4.15. The zero-order valence-corrected chi connectivity index (χ0v) is 8.46. The number of hydrogen-bond donors (Lipinski definition) is 1. The molecule has 0 bridgehead atoms. The lowest BCUT2D eigenvalue weighted by Gasteiger charge is -2.25. The van der Waals surface area contributed by atoms with E-state index in [0.29, 0.717) is 5.92 Å². The first-order chi connectivity index (χ1) is 6.40. The largest absolute Gasteiger partial charge is 0.330 e. The molecule has 0 radical (unpaired) electrons. The molecule has 4 heteroatoms. The van der Waals surface area contributed by atoms with Crippen LogP contribution in [0, 0.1) is 5.92 Å². The Morgan fingerprint density at radius 2 is 2.15 bits per heavy atom. The van der Waals surface area contributed by atoms with Crippen molar-refractivity contribution >= 4 is 11.5 Å². The van der Waals surface area contributed by atoms with Crippen molar-refractivity contribution in [3.63, 3.8) is 0 Å². The Kier molecular flexibility index (Phi) is 2.90. The van der Waals surface area contributed by atoms with E-state index in [1.165, 1.54) is 30.7 Å². The third-order valence-corrected chi connectivity index (χ3v) is 3.73. The molecule has 3 nitrogen and oxygen atoms in total. The Labute approximate surface area is 82.5 Å². The molecule has 2 N–H and O–H groups in total. The number of hydrogen-bond acceptors (Lipinski definition) is 4. The van der Waals surface area contributed by atoms with E-state index >= 15 is 0 Å². The van der Waals surface area contributed by atoms with Crippen molar-refractivity contribution in [3.05, 3.63) is 11.3 Å². The number of nitrogens with two attached hydrogens (primary N) is 1. The number of nitrogens with zero attached hydrogens (tertiary/aromatic N) is 2. The fraction of sp³-hybridized carbons (Fsp3) is 0.778. The smallest absolute Gasteiger partial charge is 0.129 e. The summed E-state index contributed by atoms with van der Waals surface area (Å²) in [6.45, 7) is 0.850. The summed E-state index contributed by atoms with van der Waals surface area (Å²) in [6.07, 6.45) is 6.69. The molecule has 0 saturated heterocycles. The van der Waals surface area contributed by atoms with Gasteiger partial charge in [-0.15, -0.1) is 0 Å². The molecule has 1 aromatic rings. The standard InChI is InChI=1S/C9H15N3S/c10-5-7-1-3-8(4-2-7)9-11-6-12-13-9/h6-8H,1-5,10H2. The van der Waals surface area contributed by atoms with Gasteiger partial charge in [-0.25, -0.2) is 4.98 Å². The lowest BCUT2D eigenvalue weighted by Crippen LogP contribution is -2.20. The van der Waals surface area contributed by atoms with Crippen molar-refractivity contribution in [2.24, 2.45) is 11.7 Å². The zero-order chi connectivity index (χ0) is 9.10. The second-order valence-electron chi connectivity index (χ2n) is 3.73. The Hall–Kier alpha value is -0.480. The molecule has 1 aromatic heterocycles. The monoisotopic (exact) mass is 197 g/mol. The van der Waals surface area contributed by atoms with Crippen LogP contribution in [0.4, 0.5) is 0 Å². The summed E-state index contributed by atoms with van der Waals surface area (Å²) in [4.78, 5) is 4.27. The molecule has 1 aliphatic carbocycles. The molecule has 1 saturated carbocycles. The molecule has 13 heavy (non-hydrogen) atoms. The molecule has 0 amide bonds. The highest BCUT2D eigenvalue weighted by atomic mass is 32.1. The van der Waals surface area contributed by atoms with Gasteiger partial charge in [-0.3, -0.25) is 0 Å². The quantitative estimate of drug-likeness (QED) is 0.786. The summed E-state index contributed by atoms with van der Waals surface area (Å²) < 4.78 is 4.04. The van der Waals surface area contributed by atoms with Gasteiger partial charge in [0.2, 0.25) is 0 Å². The minimum atomic E-state index is 0.662. The lowest BCUT2D eigenvalue weighted by molar-refractivity contribution is 0.332. The van der Waals surface area contributed by atoms with Crippen molar-refractivity contribution in [2.45, 2.75) is 31.6 Å². The lowest BCUT2D eigenvalue weighted by atomic mass is 9.82. The van der Waals surface area contributed by atoms with E-state index in [0.717, 1.165) is 12.5 Å². The van der Waals surface area contributed by atoms with Gasteiger partial charge in [0.05, 0.1) is 0 Å². The first kappa shape index (κ1) is 9.09. The zero-order valence-electron chi connectivity index (χ0n) is 7.65. The highest BCUT2D eigenvalue weighted by molar-refractivity contribution is 7.05. The topological polar surface area (TPSA) is 51.8 Å². The molecular weight excluding hydrogens is 182 g/mol. The van der Waals surface area contributed by atoms with Crippen LogP contribution in [0.3, 0.4) is 0 Å². The van der Waals surface area contributed by atoms with E-state index in [-0.39, 0.29) is 0 Å². The number of aromatic nitrogens is 2. The van der Waals surface area contributed by atoms with Crippen molar-refractivity contribution in [3.8, 4) is 0 Å².